The first-order valence-electron chi connectivity index (χ1n) is 47.4. The molecule has 0 aliphatic carbocycles. The van der Waals surface area contributed by atoms with Gasteiger partial charge in [0.05, 0.1) is 42.3 Å². The number of benzene rings is 8. The summed E-state index contributed by atoms with van der Waals surface area (Å²) < 4.78 is 112. The van der Waals surface area contributed by atoms with Crippen LogP contribution in [0.25, 0.3) is 0 Å². The van der Waals surface area contributed by atoms with Gasteiger partial charge in [-0.2, -0.15) is 14.6 Å². The molecule has 0 saturated heterocycles. The number of nitrogens with one attached hydrogen (secondary N) is 4. The van der Waals surface area contributed by atoms with Crippen LogP contribution in [0.3, 0.4) is 0 Å². The minimum atomic E-state index is -3.85. The zero-order valence-corrected chi connectivity index (χ0v) is 97.7. The van der Waals surface area contributed by atoms with Gasteiger partial charge in [0.1, 0.15) is 17.7 Å². The molecular formula is C110H168N10O14S4Yb2-2. The van der Waals surface area contributed by atoms with Gasteiger partial charge in [0, 0.05) is 170 Å². The molecule has 796 valence electrons. The number of carbonyl (C=O) groups excluding carboxylic acids is 4. The second kappa shape index (κ2) is 94.4. The molecule has 12 rings (SSSR count). The predicted octanol–water partition coefficient (Wildman–Crippen LogP) is 28.9. The Balaban J connectivity index is -0.000000141. The van der Waals surface area contributed by atoms with Crippen molar-refractivity contribution < 1.29 is 156 Å². The molecule has 0 amide bonds. The van der Waals surface area contributed by atoms with Crippen LogP contribution in [0, 0.1) is 161 Å². The van der Waals surface area contributed by atoms with Gasteiger partial charge in [-0.15, -0.1) is 5.10 Å². The van der Waals surface area contributed by atoms with Crippen molar-refractivity contribution in [1.82, 2.24) is 20.2 Å². The summed E-state index contributed by atoms with van der Waals surface area (Å²) in [6, 6.07) is 60.4. The number of nitrogens with zero attached hydrogens (tertiary/aromatic N) is 6. The molecule has 0 aliphatic heterocycles. The summed E-state index contributed by atoms with van der Waals surface area (Å²) in [6.07, 6.45) is 7.99. The summed E-state index contributed by atoms with van der Waals surface area (Å²) >= 11 is 0. The molecule has 0 radical (unpaired) electrons. The van der Waals surface area contributed by atoms with Crippen LogP contribution >= 0.6 is 0 Å². The van der Waals surface area contributed by atoms with Crippen LogP contribution in [0.2, 0.25) is 0 Å². The quantitative estimate of drug-likeness (QED) is 0.0238. The van der Waals surface area contributed by atoms with E-state index in [4.69, 9.17) is 0 Å². The number of para-hydroxylation sites is 2. The van der Waals surface area contributed by atoms with E-state index in [1.165, 1.54) is 128 Å². The van der Waals surface area contributed by atoms with Crippen LogP contribution in [0.5, 0.6) is 0 Å². The Kier molecular flexibility index (Phi) is 105. The van der Waals surface area contributed by atoms with E-state index < -0.39 is 45.9 Å². The summed E-state index contributed by atoms with van der Waals surface area (Å²) in [7, 11) is -15.3. The van der Waals surface area contributed by atoms with Crippen molar-refractivity contribution in [2.45, 2.75) is 283 Å². The number of aromatic nitrogens is 6. The van der Waals surface area contributed by atoms with E-state index in [-0.39, 0.29) is 202 Å². The van der Waals surface area contributed by atoms with Crippen LogP contribution in [0.4, 0.5) is 22.7 Å². The smallest absolute Gasteiger partial charge is 0.261 e. The van der Waals surface area contributed by atoms with Gasteiger partial charge >= 0.3 is 0 Å². The Morgan fingerprint density at radius 1 is 0.293 bits per heavy atom. The minimum absolute atomic E-state index is 0. The molecule has 0 fully saturated rings. The van der Waals surface area contributed by atoms with Gasteiger partial charge in [0.25, 0.3) is 40.1 Å². The number of hydrogen-bond donors (Lipinski definition) is 4. The SMILES string of the molecule is CC.CC.CC.CC.CC.CC.CC.CC.CC.CC.CC.CC.CC.CC.CC.CC.Cc1ccc(S(=O)(=O)Nc2ccc(C)cc2C(=O)c2cc[n+]([O-])c(C)c2)cc1.Cc1ccc(S(=O)(=O)Nc2ccc(C)cc2C(=O)c2cc[n+]([O-])cc2C)cc1.O=C(c1cccnn1)c1ccccc1NS(=O)(=O)c1ccccc1.O=C(c1ccncn1)c1ccccc1NS(=O)(=O)c1ccccc1.[CH3-].[CH3-].[Yb].[Yb]. The molecule has 0 spiro atoms. The zero-order valence-electron chi connectivity index (χ0n) is 91.0. The van der Waals surface area contributed by atoms with E-state index in [0.717, 1.165) is 22.3 Å². The predicted molar refractivity (Wildman–Crippen MR) is 586 cm³/mol. The van der Waals surface area contributed by atoms with E-state index in [1.54, 1.807) is 153 Å². The third-order valence-corrected chi connectivity index (χ3v) is 20.8. The molecule has 0 atom stereocenters. The van der Waals surface area contributed by atoms with Crippen molar-refractivity contribution in [3.8, 4) is 0 Å². The van der Waals surface area contributed by atoms with E-state index >= 15 is 0 Å². The van der Waals surface area contributed by atoms with Crippen molar-refractivity contribution in [1.29, 1.82) is 0 Å². The van der Waals surface area contributed by atoms with Crippen molar-refractivity contribution in [2.75, 3.05) is 18.9 Å². The number of rotatable bonds is 20. The molecule has 8 aromatic carbocycles. The van der Waals surface area contributed by atoms with Gasteiger partial charge in [0.2, 0.25) is 11.6 Å². The summed E-state index contributed by atoms with van der Waals surface area (Å²) in [5, 5.41) is 30.4. The Hall–Kier alpha value is -9.46. The monoisotopic (exact) mass is 2330 g/mol. The second-order valence-electron chi connectivity index (χ2n) is 23.2. The molecule has 4 aromatic heterocycles. The molecule has 0 unspecified atom stereocenters. The Bertz CT molecular complexity index is 5480. The summed E-state index contributed by atoms with van der Waals surface area (Å²) in [6.45, 7) is 74.6. The molecule has 140 heavy (non-hydrogen) atoms. The van der Waals surface area contributed by atoms with Gasteiger partial charge in [-0.05, 0) is 150 Å². The molecular weight excluding hydrogens is 2160 g/mol. The van der Waals surface area contributed by atoms with Crippen molar-refractivity contribution in [3.63, 3.8) is 0 Å². The number of pyridine rings is 2. The Labute approximate surface area is 925 Å². The summed E-state index contributed by atoms with van der Waals surface area (Å²) in [4.78, 5) is 59.3. The molecule has 4 N–H and O–H groups in total. The topological polar surface area (TPSA) is 358 Å². The standard InChI is InChI=1S/2C21H20N2O4S.2C17H13N3O3S.16C2H6.2CH3.2Yb/c1-14-4-7-18(8-5-14)28(26,27)22-20-9-6-15(2)12-19(20)21(24)17-10-11-23(25)16(3)13-17;1-14-4-7-17(8-5-14)28(26,27)22-20-9-6-15(2)12-19(20)21(24)18-10-11-23(25)13-16(18)3;21-17(16-11-6-12-18-19-16)14-9-4-5-10-15(14)20-24(22,23)13-7-2-1-3-8-13;21-17(16-10-11-18-12-19-16)14-8-4-5-9-15(14)20-24(22,23)13-6-2-1-3-7-13;16*1-2;;;;/h2*4-13,22H,1-3H3;2*1-12,20H;16*1-2H3;2*1H3;;/q;;;;;;;;;;;;;;;;;;;;2*-1;;. The number of aryl methyl sites for hydroxylation is 6. The van der Waals surface area contributed by atoms with Crippen LogP contribution in [-0.2, 0) is 40.1 Å². The number of ketones is 4. The van der Waals surface area contributed by atoms with E-state index in [9.17, 15) is 63.3 Å². The van der Waals surface area contributed by atoms with Crippen molar-refractivity contribution in [2.24, 2.45) is 0 Å². The first-order chi connectivity index (χ1) is 65.5. The van der Waals surface area contributed by atoms with E-state index in [0.29, 0.717) is 31.8 Å². The maximum absolute atomic E-state index is 13.1. The molecule has 0 saturated carbocycles. The fourth-order valence-electron chi connectivity index (χ4n) is 9.86. The Morgan fingerprint density at radius 2 is 0.607 bits per heavy atom. The van der Waals surface area contributed by atoms with Gasteiger partial charge < -0.3 is 25.3 Å². The van der Waals surface area contributed by atoms with Gasteiger partial charge in [-0.1, -0.05) is 341 Å². The number of anilines is 4. The fraction of sp³-hybridized carbons (Fsp3) is 0.345. The van der Waals surface area contributed by atoms with Gasteiger partial charge in [0.15, 0.2) is 35.9 Å². The normalized spacial score (nSPS) is 8.96. The number of carbonyl (C=O) groups is 4. The average molecular weight is 2330 g/mol. The molecule has 12 aromatic rings. The first-order valence-corrected chi connectivity index (χ1v) is 53.3. The van der Waals surface area contributed by atoms with Crippen molar-refractivity contribution >= 4 is 86.0 Å². The first kappa shape index (κ1) is 156. The molecule has 30 heteroatoms. The average Bonchev–Trinajstić information content (AvgIpc) is 0.808. The number of hydrogen-bond acceptors (Lipinski definition) is 18. The zero-order chi connectivity index (χ0) is 107. The summed E-state index contributed by atoms with van der Waals surface area (Å²) in [5.41, 5.74) is 7.03. The minimum Gasteiger partial charge on any atom is -0.619 e. The van der Waals surface area contributed by atoms with Gasteiger partial charge in [-0.3, -0.25) is 38.1 Å². The van der Waals surface area contributed by atoms with E-state index in [2.05, 4.69) is 39.1 Å². The van der Waals surface area contributed by atoms with Crippen LogP contribution in [-0.4, -0.2) is 77.0 Å². The second-order valence-corrected chi connectivity index (χ2v) is 29.9. The van der Waals surface area contributed by atoms with E-state index in [1.807, 2.05) is 249 Å². The Morgan fingerprint density at radius 3 is 0.929 bits per heavy atom. The third-order valence-electron chi connectivity index (χ3n) is 15.3. The fourth-order valence-corrected chi connectivity index (χ4v) is 14.2. The molecule has 0 bridgehead atoms. The van der Waals surface area contributed by atoms with Gasteiger partial charge in [-0.25, -0.2) is 43.6 Å². The number of sulfonamides is 4. The molecule has 0 aliphatic rings. The maximum atomic E-state index is 13.1. The maximum Gasteiger partial charge on any atom is 0.261 e. The summed E-state index contributed by atoms with van der Waals surface area (Å²) in [5.74, 6) is -1.52. The molecule has 4 heterocycles. The van der Waals surface area contributed by atoms with Crippen LogP contribution in [0.1, 0.15) is 319 Å². The van der Waals surface area contributed by atoms with Crippen LogP contribution < -0.4 is 28.3 Å². The van der Waals surface area contributed by atoms with Crippen molar-refractivity contribution in [3.05, 3.63) is 371 Å². The van der Waals surface area contributed by atoms with Crippen LogP contribution in [0.15, 0.2) is 287 Å². The largest absolute Gasteiger partial charge is 0.619 e. The third kappa shape index (κ3) is 56.4. The molecule has 24 nitrogen and oxygen atoms in total.